The Morgan fingerprint density at radius 1 is 1.24 bits per heavy atom. The van der Waals surface area contributed by atoms with Crippen LogP contribution in [-0.2, 0) is 6.54 Å². The normalized spacial score (nSPS) is 35.4. The summed E-state index contributed by atoms with van der Waals surface area (Å²) in [7, 11) is 0. The summed E-state index contributed by atoms with van der Waals surface area (Å²) in [5.41, 5.74) is 1.47. The molecule has 90 valence electrons. The van der Waals surface area contributed by atoms with E-state index >= 15 is 0 Å². The van der Waals surface area contributed by atoms with Gasteiger partial charge in [0.25, 0.3) is 5.56 Å². The maximum Gasteiger partial charge on any atom is 0.250 e. The van der Waals surface area contributed by atoms with Crippen LogP contribution < -0.4 is 5.56 Å². The van der Waals surface area contributed by atoms with Gasteiger partial charge in [-0.1, -0.05) is 6.07 Å². The molecule has 0 unspecified atom stereocenters. The molecule has 1 aromatic heterocycles. The standard InChI is InChI=1S/C14H18N2O/c17-14-5-1-3-13-10-7-11(9-16(13)14)12-4-2-6-15(12)8-10/h1,3,5,10-12H,2,4,6-9H2/t10-,11-,12-/m1/s1. The summed E-state index contributed by atoms with van der Waals surface area (Å²) in [6, 6.07) is 6.53. The van der Waals surface area contributed by atoms with Crippen molar-refractivity contribution in [3.8, 4) is 0 Å². The second-order valence-corrected chi connectivity index (χ2v) is 5.80. The Morgan fingerprint density at radius 2 is 2.18 bits per heavy atom. The Kier molecular flexibility index (Phi) is 2.01. The van der Waals surface area contributed by atoms with E-state index in [2.05, 4.69) is 11.0 Å². The van der Waals surface area contributed by atoms with Crippen LogP contribution in [0.2, 0.25) is 0 Å². The molecule has 0 saturated carbocycles. The molecule has 3 aliphatic heterocycles. The third-order valence-corrected chi connectivity index (χ3v) is 4.92. The van der Waals surface area contributed by atoms with E-state index in [1.165, 1.54) is 38.0 Å². The van der Waals surface area contributed by atoms with Crippen molar-refractivity contribution in [3.05, 3.63) is 34.2 Å². The minimum atomic E-state index is 0.198. The Morgan fingerprint density at radius 3 is 3.12 bits per heavy atom. The van der Waals surface area contributed by atoms with E-state index in [4.69, 9.17) is 0 Å². The van der Waals surface area contributed by atoms with Crippen molar-refractivity contribution in [3.63, 3.8) is 0 Å². The van der Waals surface area contributed by atoms with Crippen LogP contribution >= 0.6 is 0 Å². The molecule has 0 aliphatic carbocycles. The first-order valence-corrected chi connectivity index (χ1v) is 6.77. The Hall–Kier alpha value is -1.09. The van der Waals surface area contributed by atoms with Crippen molar-refractivity contribution >= 4 is 0 Å². The first-order valence-electron chi connectivity index (χ1n) is 6.77. The molecule has 17 heavy (non-hydrogen) atoms. The summed E-state index contributed by atoms with van der Waals surface area (Å²) in [6.45, 7) is 3.39. The van der Waals surface area contributed by atoms with Crippen molar-refractivity contribution in [2.24, 2.45) is 5.92 Å². The number of fused-ring (bicyclic) bond motifs is 6. The first-order chi connectivity index (χ1) is 8.33. The largest absolute Gasteiger partial charge is 0.312 e. The molecule has 2 fully saturated rings. The molecule has 3 atom stereocenters. The lowest BCUT2D eigenvalue weighted by atomic mass is 9.78. The quantitative estimate of drug-likeness (QED) is 0.673. The number of piperidine rings is 1. The topological polar surface area (TPSA) is 25.2 Å². The number of hydrogen-bond acceptors (Lipinski definition) is 2. The Labute approximate surface area is 101 Å². The summed E-state index contributed by atoms with van der Waals surface area (Å²) in [5, 5.41) is 0. The van der Waals surface area contributed by atoms with Gasteiger partial charge in [-0.15, -0.1) is 0 Å². The molecule has 4 heterocycles. The lowest BCUT2D eigenvalue weighted by Gasteiger charge is -2.45. The minimum Gasteiger partial charge on any atom is -0.312 e. The molecule has 0 amide bonds. The van der Waals surface area contributed by atoms with Crippen molar-refractivity contribution < 1.29 is 0 Å². The van der Waals surface area contributed by atoms with Crippen LogP contribution in [0.25, 0.3) is 0 Å². The zero-order valence-corrected chi connectivity index (χ0v) is 10.0. The van der Waals surface area contributed by atoms with Crippen LogP contribution in [0, 0.1) is 5.92 Å². The number of hydrogen-bond donors (Lipinski definition) is 0. The second-order valence-electron chi connectivity index (χ2n) is 5.80. The molecule has 3 nitrogen and oxygen atoms in total. The van der Waals surface area contributed by atoms with Gasteiger partial charge in [-0.2, -0.15) is 0 Å². The molecule has 0 radical (unpaired) electrons. The number of nitrogens with zero attached hydrogens (tertiary/aromatic N) is 2. The second kappa shape index (κ2) is 3.45. The van der Waals surface area contributed by atoms with E-state index in [0.29, 0.717) is 11.8 Å². The van der Waals surface area contributed by atoms with Gasteiger partial charge in [-0.3, -0.25) is 9.69 Å². The fraction of sp³-hybridized carbons (Fsp3) is 0.643. The van der Waals surface area contributed by atoms with E-state index < -0.39 is 0 Å². The van der Waals surface area contributed by atoms with Gasteiger partial charge in [0, 0.05) is 36.8 Å². The fourth-order valence-corrected chi connectivity index (χ4v) is 4.23. The highest BCUT2D eigenvalue weighted by Crippen LogP contribution is 2.41. The predicted molar refractivity (Wildman–Crippen MR) is 66.1 cm³/mol. The summed E-state index contributed by atoms with van der Waals surface area (Å²) in [6.07, 6.45) is 3.98. The highest BCUT2D eigenvalue weighted by atomic mass is 16.1. The van der Waals surface area contributed by atoms with Crippen molar-refractivity contribution in [2.75, 3.05) is 13.1 Å². The first kappa shape index (κ1) is 9.89. The van der Waals surface area contributed by atoms with E-state index in [9.17, 15) is 4.79 Å². The van der Waals surface area contributed by atoms with E-state index in [1.807, 2.05) is 10.6 Å². The highest BCUT2D eigenvalue weighted by molar-refractivity contribution is 5.18. The molecule has 1 aromatic rings. The van der Waals surface area contributed by atoms with E-state index in [1.54, 1.807) is 6.07 Å². The lowest BCUT2D eigenvalue weighted by molar-refractivity contribution is 0.0832. The Bertz CT molecular complexity index is 507. The van der Waals surface area contributed by atoms with Crippen LogP contribution in [0.5, 0.6) is 0 Å². The van der Waals surface area contributed by atoms with Crippen LogP contribution in [0.4, 0.5) is 0 Å². The third kappa shape index (κ3) is 1.35. The number of rotatable bonds is 0. The predicted octanol–water partition coefficient (Wildman–Crippen LogP) is 1.43. The van der Waals surface area contributed by atoms with Gasteiger partial charge < -0.3 is 4.57 Å². The molecular formula is C14H18N2O. The number of aromatic nitrogens is 1. The zero-order valence-electron chi connectivity index (χ0n) is 10.0. The van der Waals surface area contributed by atoms with Gasteiger partial charge in [0.15, 0.2) is 0 Å². The van der Waals surface area contributed by atoms with Crippen molar-refractivity contribution in [1.82, 2.24) is 9.47 Å². The van der Waals surface area contributed by atoms with Gasteiger partial charge >= 0.3 is 0 Å². The van der Waals surface area contributed by atoms with E-state index in [0.717, 1.165) is 12.6 Å². The van der Waals surface area contributed by atoms with Crippen molar-refractivity contribution in [2.45, 2.75) is 37.8 Å². The van der Waals surface area contributed by atoms with Crippen LogP contribution in [-0.4, -0.2) is 28.6 Å². The monoisotopic (exact) mass is 230 g/mol. The third-order valence-electron chi connectivity index (χ3n) is 4.92. The van der Waals surface area contributed by atoms with Crippen LogP contribution in [0.1, 0.15) is 30.9 Å². The minimum absolute atomic E-state index is 0.198. The molecule has 2 bridgehead atoms. The maximum absolute atomic E-state index is 11.9. The van der Waals surface area contributed by atoms with Gasteiger partial charge in [0.05, 0.1) is 0 Å². The number of pyridine rings is 1. The SMILES string of the molecule is O=c1cccc2n1C[C@H]1C[C@@H]2CN2CCC[C@H]12. The van der Waals surface area contributed by atoms with Crippen molar-refractivity contribution in [1.29, 1.82) is 0 Å². The van der Waals surface area contributed by atoms with Gasteiger partial charge in [0.2, 0.25) is 0 Å². The molecule has 0 aromatic carbocycles. The van der Waals surface area contributed by atoms with Gasteiger partial charge in [-0.25, -0.2) is 0 Å². The lowest BCUT2D eigenvalue weighted by Crippen LogP contribution is -2.50. The molecule has 3 heteroatoms. The molecular weight excluding hydrogens is 212 g/mol. The Balaban J connectivity index is 1.81. The molecule has 3 aliphatic rings. The summed E-state index contributed by atoms with van der Waals surface area (Å²) in [4.78, 5) is 14.6. The van der Waals surface area contributed by atoms with Crippen LogP contribution in [0.3, 0.4) is 0 Å². The maximum atomic E-state index is 11.9. The molecule has 0 spiro atoms. The smallest absolute Gasteiger partial charge is 0.250 e. The molecule has 2 saturated heterocycles. The average Bonchev–Trinajstić information content (AvgIpc) is 2.79. The van der Waals surface area contributed by atoms with E-state index in [-0.39, 0.29) is 5.56 Å². The van der Waals surface area contributed by atoms with Gasteiger partial charge in [0.1, 0.15) is 0 Å². The molecule has 0 N–H and O–H groups in total. The highest BCUT2D eigenvalue weighted by Gasteiger charge is 2.42. The van der Waals surface area contributed by atoms with Crippen LogP contribution in [0.15, 0.2) is 23.0 Å². The zero-order chi connectivity index (χ0) is 11.4. The average molecular weight is 230 g/mol. The summed E-state index contributed by atoms with van der Waals surface area (Å²) < 4.78 is 2.04. The van der Waals surface area contributed by atoms with Gasteiger partial charge in [-0.05, 0) is 37.8 Å². The summed E-state index contributed by atoms with van der Waals surface area (Å²) in [5.74, 6) is 1.31. The summed E-state index contributed by atoms with van der Waals surface area (Å²) >= 11 is 0. The molecule has 4 rings (SSSR count). The fourth-order valence-electron chi connectivity index (χ4n) is 4.23.